The molecule has 180 valence electrons. The van der Waals surface area contributed by atoms with E-state index in [9.17, 15) is 4.79 Å². The average Bonchev–Trinajstić information content (AvgIpc) is 3.34. The van der Waals surface area contributed by atoms with Crippen molar-refractivity contribution < 1.29 is 9.53 Å². The largest absolute Gasteiger partial charge is 0.497 e. The quantitative estimate of drug-likeness (QED) is 0.234. The fourth-order valence-corrected chi connectivity index (χ4v) is 3.63. The number of hydrogen-bond acceptors (Lipinski definition) is 4. The Hall–Kier alpha value is -2.33. The summed E-state index contributed by atoms with van der Waals surface area (Å²) in [6.07, 6.45) is 2.62. The van der Waals surface area contributed by atoms with E-state index in [1.165, 1.54) is 31.5 Å². The van der Waals surface area contributed by atoms with Gasteiger partial charge in [0.2, 0.25) is 5.91 Å². The van der Waals surface area contributed by atoms with Crippen molar-refractivity contribution in [3.63, 3.8) is 0 Å². The molecular weight excluding hydrogens is 529 g/mol. The number of benzene rings is 2. The van der Waals surface area contributed by atoms with Gasteiger partial charge in [0.1, 0.15) is 5.75 Å². The van der Waals surface area contributed by atoms with Crippen LogP contribution < -0.4 is 20.7 Å². The lowest BCUT2D eigenvalue weighted by atomic mass is 10.1. The SMILES string of the molecule is CCNC(=NCc1ccc(CN2CCCC2)cc1)NCC(=O)NCc1ccc(OC)cc1.I. The van der Waals surface area contributed by atoms with Gasteiger partial charge < -0.3 is 20.7 Å². The topological polar surface area (TPSA) is 78.0 Å². The summed E-state index contributed by atoms with van der Waals surface area (Å²) < 4.78 is 5.15. The van der Waals surface area contributed by atoms with Crippen LogP contribution in [-0.4, -0.2) is 50.1 Å². The molecule has 1 aliphatic rings. The zero-order valence-electron chi connectivity index (χ0n) is 19.6. The first-order chi connectivity index (χ1) is 15.7. The molecule has 3 N–H and O–H groups in total. The van der Waals surface area contributed by atoms with Crippen molar-refractivity contribution in [2.75, 3.05) is 33.3 Å². The molecule has 7 nitrogen and oxygen atoms in total. The van der Waals surface area contributed by atoms with Crippen molar-refractivity contribution in [1.82, 2.24) is 20.9 Å². The van der Waals surface area contributed by atoms with Crippen molar-refractivity contribution in [3.8, 4) is 5.75 Å². The van der Waals surface area contributed by atoms with Crippen LogP contribution in [-0.2, 0) is 24.4 Å². The van der Waals surface area contributed by atoms with Crippen LogP contribution in [0.2, 0.25) is 0 Å². The van der Waals surface area contributed by atoms with Gasteiger partial charge in [-0.05, 0) is 61.7 Å². The highest BCUT2D eigenvalue weighted by molar-refractivity contribution is 14.0. The number of ether oxygens (including phenoxy) is 1. The second kappa shape index (κ2) is 14.7. The van der Waals surface area contributed by atoms with Gasteiger partial charge in [-0.2, -0.15) is 0 Å². The third-order valence-electron chi connectivity index (χ3n) is 5.46. The number of nitrogens with zero attached hydrogens (tertiary/aromatic N) is 2. The van der Waals surface area contributed by atoms with Gasteiger partial charge in [-0.25, -0.2) is 4.99 Å². The highest BCUT2D eigenvalue weighted by atomic mass is 127. The highest BCUT2D eigenvalue weighted by Gasteiger charge is 2.11. The summed E-state index contributed by atoms with van der Waals surface area (Å²) in [5.41, 5.74) is 3.52. The van der Waals surface area contributed by atoms with Gasteiger partial charge in [0.25, 0.3) is 0 Å². The predicted molar refractivity (Wildman–Crippen MR) is 144 cm³/mol. The summed E-state index contributed by atoms with van der Waals surface area (Å²) in [5.74, 6) is 1.35. The fourth-order valence-electron chi connectivity index (χ4n) is 3.63. The molecule has 2 aromatic carbocycles. The standard InChI is InChI=1S/C25H35N5O2.HI/c1-3-26-25(29-18-24(31)27-16-21-10-12-23(32-2)13-11-21)28-17-20-6-8-22(9-7-20)19-30-14-4-5-15-30;/h6-13H,3-5,14-19H2,1-2H3,(H,27,31)(H2,26,28,29);1H. The number of halogens is 1. The first-order valence-electron chi connectivity index (χ1n) is 11.4. The van der Waals surface area contributed by atoms with Crippen LogP contribution in [0.1, 0.15) is 36.5 Å². The number of likely N-dealkylation sites (tertiary alicyclic amines) is 1. The molecule has 3 rings (SSSR count). The van der Waals surface area contributed by atoms with E-state index in [1.807, 2.05) is 31.2 Å². The van der Waals surface area contributed by atoms with Gasteiger partial charge >= 0.3 is 0 Å². The number of methoxy groups -OCH3 is 1. The first kappa shape index (κ1) is 26.9. The second-order valence-electron chi connectivity index (χ2n) is 7.97. The maximum Gasteiger partial charge on any atom is 0.239 e. The Morgan fingerprint density at radius 3 is 2.21 bits per heavy atom. The summed E-state index contributed by atoms with van der Waals surface area (Å²) in [4.78, 5) is 19.3. The molecule has 1 amide bonds. The van der Waals surface area contributed by atoms with Gasteiger partial charge in [-0.15, -0.1) is 24.0 Å². The molecule has 0 aliphatic carbocycles. The van der Waals surface area contributed by atoms with Crippen LogP contribution in [0.5, 0.6) is 5.75 Å². The van der Waals surface area contributed by atoms with Crippen LogP contribution in [0.25, 0.3) is 0 Å². The molecule has 1 saturated heterocycles. The molecule has 0 atom stereocenters. The smallest absolute Gasteiger partial charge is 0.239 e. The Bertz CT molecular complexity index is 865. The molecule has 0 radical (unpaired) electrons. The second-order valence-corrected chi connectivity index (χ2v) is 7.97. The number of amides is 1. The molecule has 2 aromatic rings. The molecule has 33 heavy (non-hydrogen) atoms. The van der Waals surface area contributed by atoms with Crippen molar-refractivity contribution in [1.29, 1.82) is 0 Å². The minimum absolute atomic E-state index is 0. The van der Waals surface area contributed by atoms with Gasteiger partial charge in [0.05, 0.1) is 20.2 Å². The lowest BCUT2D eigenvalue weighted by Crippen LogP contribution is -2.43. The fraction of sp³-hybridized carbons (Fsp3) is 0.440. The molecule has 8 heteroatoms. The number of hydrogen-bond donors (Lipinski definition) is 3. The van der Waals surface area contributed by atoms with Crippen molar-refractivity contribution in [2.24, 2.45) is 4.99 Å². The number of rotatable bonds is 10. The van der Waals surface area contributed by atoms with Crippen molar-refractivity contribution >= 4 is 35.8 Å². The monoisotopic (exact) mass is 565 g/mol. The molecule has 0 bridgehead atoms. The summed E-state index contributed by atoms with van der Waals surface area (Å²) >= 11 is 0. The number of nitrogens with one attached hydrogen (secondary N) is 3. The summed E-state index contributed by atoms with van der Waals surface area (Å²) in [6.45, 7) is 7.38. The van der Waals surface area contributed by atoms with Gasteiger partial charge in [0.15, 0.2) is 5.96 Å². The first-order valence-corrected chi connectivity index (χ1v) is 11.4. The Balaban J connectivity index is 0.00000385. The third kappa shape index (κ3) is 9.59. The van der Waals surface area contributed by atoms with Crippen LogP contribution in [0.3, 0.4) is 0 Å². The lowest BCUT2D eigenvalue weighted by molar-refractivity contribution is -0.120. The van der Waals surface area contributed by atoms with E-state index in [0.717, 1.165) is 30.0 Å². The maximum atomic E-state index is 12.2. The minimum atomic E-state index is -0.0855. The molecule has 1 heterocycles. The Morgan fingerprint density at radius 1 is 0.939 bits per heavy atom. The zero-order chi connectivity index (χ0) is 22.6. The number of carbonyl (C=O) groups excluding carboxylic acids is 1. The number of guanidine groups is 1. The molecule has 0 spiro atoms. The van der Waals surface area contributed by atoms with E-state index in [1.54, 1.807) is 7.11 Å². The third-order valence-corrected chi connectivity index (χ3v) is 5.46. The van der Waals surface area contributed by atoms with Crippen molar-refractivity contribution in [2.45, 2.75) is 39.4 Å². The molecule has 1 fully saturated rings. The Kier molecular flexibility index (Phi) is 12.0. The zero-order valence-corrected chi connectivity index (χ0v) is 21.9. The molecule has 0 saturated carbocycles. The normalized spacial score (nSPS) is 13.8. The van der Waals surface area contributed by atoms with Gasteiger partial charge in [0, 0.05) is 19.6 Å². The maximum absolute atomic E-state index is 12.2. The molecule has 1 aliphatic heterocycles. The van der Waals surface area contributed by atoms with Crippen molar-refractivity contribution in [3.05, 3.63) is 65.2 Å². The average molecular weight is 566 g/mol. The molecule has 0 aromatic heterocycles. The molecular formula is C25H36IN5O2. The summed E-state index contributed by atoms with van der Waals surface area (Å²) in [5, 5.41) is 9.21. The van der Waals surface area contributed by atoms with Gasteiger partial charge in [-0.1, -0.05) is 36.4 Å². The van der Waals surface area contributed by atoms with E-state index in [2.05, 4.69) is 50.1 Å². The van der Waals surface area contributed by atoms with E-state index in [0.29, 0.717) is 19.0 Å². The predicted octanol–water partition coefficient (Wildman–Crippen LogP) is 3.28. The lowest BCUT2D eigenvalue weighted by Gasteiger charge is -2.14. The molecule has 0 unspecified atom stereocenters. The van der Waals surface area contributed by atoms with Crippen LogP contribution in [0.15, 0.2) is 53.5 Å². The van der Waals surface area contributed by atoms with Crippen LogP contribution in [0.4, 0.5) is 0 Å². The van der Waals surface area contributed by atoms with E-state index in [4.69, 9.17) is 4.74 Å². The Labute approximate surface area is 214 Å². The number of carbonyl (C=O) groups is 1. The highest BCUT2D eigenvalue weighted by Crippen LogP contribution is 2.14. The Morgan fingerprint density at radius 2 is 1.58 bits per heavy atom. The van der Waals surface area contributed by atoms with E-state index >= 15 is 0 Å². The van der Waals surface area contributed by atoms with Gasteiger partial charge in [-0.3, -0.25) is 9.69 Å². The van der Waals surface area contributed by atoms with Crippen LogP contribution in [0, 0.1) is 0 Å². The van der Waals surface area contributed by atoms with Crippen LogP contribution >= 0.6 is 24.0 Å². The van der Waals surface area contributed by atoms with E-state index < -0.39 is 0 Å². The summed E-state index contributed by atoms with van der Waals surface area (Å²) in [7, 11) is 1.64. The number of aliphatic imine (C=N–C) groups is 1. The minimum Gasteiger partial charge on any atom is -0.497 e. The summed E-state index contributed by atoms with van der Waals surface area (Å²) in [6, 6.07) is 16.3. The van der Waals surface area contributed by atoms with E-state index in [-0.39, 0.29) is 36.4 Å².